The van der Waals surface area contributed by atoms with E-state index in [2.05, 4.69) is 16.9 Å². The Bertz CT molecular complexity index is 424. The van der Waals surface area contributed by atoms with Crippen LogP contribution in [0.15, 0.2) is 24.8 Å². The zero-order valence-corrected chi connectivity index (χ0v) is 10.9. The molecule has 106 valence electrons. The van der Waals surface area contributed by atoms with Crippen molar-refractivity contribution in [2.75, 3.05) is 25.1 Å². The summed E-state index contributed by atoms with van der Waals surface area (Å²) >= 11 is 5.54. The molecule has 1 aromatic rings. The highest BCUT2D eigenvalue weighted by atomic mass is 35.5. The molecular formula is C12H14ClF3N2O. The molecular weight excluding hydrogens is 281 g/mol. The molecule has 0 spiro atoms. The quantitative estimate of drug-likeness (QED) is 0.472. The van der Waals surface area contributed by atoms with E-state index in [4.69, 9.17) is 16.3 Å². The van der Waals surface area contributed by atoms with Crippen LogP contribution in [0.3, 0.4) is 0 Å². The maximum Gasteiger partial charge on any atom is 0.416 e. The molecule has 0 aromatic carbocycles. The van der Waals surface area contributed by atoms with Crippen molar-refractivity contribution in [3.05, 3.63) is 35.5 Å². The van der Waals surface area contributed by atoms with E-state index in [1.807, 2.05) is 0 Å². The number of ether oxygens (including phenoxy) is 1. The maximum atomic E-state index is 12.5. The third kappa shape index (κ3) is 5.94. The molecule has 0 radical (unpaired) electrons. The fourth-order valence-corrected chi connectivity index (χ4v) is 1.48. The Morgan fingerprint density at radius 3 is 2.74 bits per heavy atom. The van der Waals surface area contributed by atoms with Crippen molar-refractivity contribution in [2.45, 2.75) is 12.6 Å². The van der Waals surface area contributed by atoms with Gasteiger partial charge in [-0.05, 0) is 18.6 Å². The first kappa shape index (κ1) is 15.8. The fraction of sp³-hybridized carbons (Fsp3) is 0.417. The standard InChI is InChI=1S/C12H14ClF3N2O/c1-2-3-5-19-6-4-17-11-8-9(12(14,15)16)7-10(13)18-11/h2,7-8H,1,3-6H2,(H,17,18). The fourth-order valence-electron chi connectivity index (χ4n) is 1.27. The van der Waals surface area contributed by atoms with Crippen LogP contribution < -0.4 is 5.32 Å². The Morgan fingerprint density at radius 2 is 2.11 bits per heavy atom. The van der Waals surface area contributed by atoms with Crippen LogP contribution in [0, 0.1) is 0 Å². The van der Waals surface area contributed by atoms with Crippen LogP contribution in [-0.2, 0) is 10.9 Å². The lowest BCUT2D eigenvalue weighted by atomic mass is 10.2. The van der Waals surface area contributed by atoms with Gasteiger partial charge in [-0.3, -0.25) is 0 Å². The molecule has 1 rings (SSSR count). The molecule has 0 fully saturated rings. The molecule has 19 heavy (non-hydrogen) atoms. The molecule has 1 heterocycles. The molecule has 0 saturated heterocycles. The van der Waals surface area contributed by atoms with Crippen molar-refractivity contribution in [3.63, 3.8) is 0 Å². The molecule has 7 heteroatoms. The second kappa shape index (κ2) is 7.35. The van der Waals surface area contributed by atoms with Gasteiger partial charge in [0.1, 0.15) is 11.0 Å². The van der Waals surface area contributed by atoms with Crippen LogP contribution in [0.5, 0.6) is 0 Å². The number of alkyl halides is 3. The molecule has 1 aromatic heterocycles. The van der Waals surface area contributed by atoms with Gasteiger partial charge in [0.05, 0.1) is 18.8 Å². The summed E-state index contributed by atoms with van der Waals surface area (Å²) < 4.78 is 42.8. The normalized spacial score (nSPS) is 11.4. The molecule has 3 nitrogen and oxygen atoms in total. The molecule has 1 N–H and O–H groups in total. The second-order valence-corrected chi connectivity index (χ2v) is 4.07. The first-order chi connectivity index (χ1) is 8.93. The van der Waals surface area contributed by atoms with Crippen LogP contribution >= 0.6 is 11.6 Å². The summed E-state index contributed by atoms with van der Waals surface area (Å²) in [5, 5.41) is 2.52. The highest BCUT2D eigenvalue weighted by Crippen LogP contribution is 2.31. The smallest absolute Gasteiger partial charge is 0.379 e. The Morgan fingerprint density at radius 1 is 1.37 bits per heavy atom. The lowest BCUT2D eigenvalue weighted by Gasteiger charge is -2.10. The van der Waals surface area contributed by atoms with Crippen LogP contribution in [0.2, 0.25) is 5.15 Å². The van der Waals surface area contributed by atoms with Crippen molar-refractivity contribution in [1.82, 2.24) is 4.98 Å². The maximum absolute atomic E-state index is 12.5. The average Bonchev–Trinajstić information content (AvgIpc) is 2.32. The van der Waals surface area contributed by atoms with E-state index in [1.165, 1.54) is 0 Å². The Balaban J connectivity index is 2.50. The Hall–Kier alpha value is -1.27. The molecule has 0 aliphatic rings. The Kier molecular flexibility index (Phi) is 6.11. The van der Waals surface area contributed by atoms with Gasteiger partial charge in [-0.1, -0.05) is 17.7 Å². The summed E-state index contributed by atoms with van der Waals surface area (Å²) in [6.45, 7) is 4.78. The number of aromatic nitrogens is 1. The molecule has 0 unspecified atom stereocenters. The van der Waals surface area contributed by atoms with Gasteiger partial charge in [-0.2, -0.15) is 13.2 Å². The van der Waals surface area contributed by atoms with Crippen LogP contribution in [0.4, 0.5) is 19.0 Å². The number of hydrogen-bond acceptors (Lipinski definition) is 3. The van der Waals surface area contributed by atoms with Crippen molar-refractivity contribution >= 4 is 17.4 Å². The number of hydrogen-bond donors (Lipinski definition) is 1. The first-order valence-electron chi connectivity index (χ1n) is 5.61. The molecule has 0 bridgehead atoms. The molecule has 0 atom stereocenters. The predicted molar refractivity (Wildman–Crippen MR) is 68.4 cm³/mol. The van der Waals surface area contributed by atoms with Crippen molar-refractivity contribution < 1.29 is 17.9 Å². The summed E-state index contributed by atoms with van der Waals surface area (Å²) in [6.07, 6.45) is -1.99. The third-order valence-corrected chi connectivity index (χ3v) is 2.33. The number of rotatable bonds is 7. The lowest BCUT2D eigenvalue weighted by Crippen LogP contribution is -2.12. The van der Waals surface area contributed by atoms with Crippen molar-refractivity contribution in [3.8, 4) is 0 Å². The summed E-state index contributed by atoms with van der Waals surface area (Å²) in [7, 11) is 0. The minimum absolute atomic E-state index is 0.0761. The van der Waals surface area contributed by atoms with E-state index in [9.17, 15) is 13.2 Å². The van der Waals surface area contributed by atoms with Crippen LogP contribution in [0.1, 0.15) is 12.0 Å². The van der Waals surface area contributed by atoms with Gasteiger partial charge in [0.2, 0.25) is 0 Å². The highest BCUT2D eigenvalue weighted by Gasteiger charge is 2.31. The second-order valence-electron chi connectivity index (χ2n) is 3.68. The first-order valence-corrected chi connectivity index (χ1v) is 5.98. The minimum atomic E-state index is -4.44. The summed E-state index contributed by atoms with van der Waals surface area (Å²) in [5.41, 5.74) is -0.831. The molecule has 0 aliphatic heterocycles. The van der Waals surface area contributed by atoms with Gasteiger partial charge >= 0.3 is 6.18 Å². The monoisotopic (exact) mass is 294 g/mol. The minimum Gasteiger partial charge on any atom is -0.379 e. The van der Waals surface area contributed by atoms with E-state index in [0.717, 1.165) is 18.6 Å². The van der Waals surface area contributed by atoms with Gasteiger partial charge < -0.3 is 10.1 Å². The number of halogens is 4. The van der Waals surface area contributed by atoms with Crippen molar-refractivity contribution in [2.24, 2.45) is 0 Å². The average molecular weight is 295 g/mol. The summed E-state index contributed by atoms with van der Waals surface area (Å²) in [6, 6.07) is 1.70. The van der Waals surface area contributed by atoms with Gasteiger partial charge in [-0.25, -0.2) is 4.98 Å². The molecule has 0 amide bonds. The SMILES string of the molecule is C=CCCOCCNc1cc(C(F)(F)F)cc(Cl)n1. The zero-order chi connectivity index (χ0) is 14.3. The Labute approximate surface area is 114 Å². The van der Waals surface area contributed by atoms with Crippen LogP contribution in [-0.4, -0.2) is 24.7 Å². The van der Waals surface area contributed by atoms with E-state index in [0.29, 0.717) is 19.8 Å². The number of nitrogens with one attached hydrogen (secondary N) is 1. The molecule has 0 aliphatic carbocycles. The van der Waals surface area contributed by atoms with E-state index < -0.39 is 11.7 Å². The van der Waals surface area contributed by atoms with Crippen LogP contribution in [0.25, 0.3) is 0 Å². The van der Waals surface area contributed by atoms with Gasteiger partial charge in [0, 0.05) is 6.54 Å². The van der Waals surface area contributed by atoms with E-state index in [-0.39, 0.29) is 11.0 Å². The van der Waals surface area contributed by atoms with Gasteiger partial charge in [0.15, 0.2) is 0 Å². The predicted octanol–water partition coefficient (Wildman–Crippen LogP) is 3.76. The van der Waals surface area contributed by atoms with E-state index in [1.54, 1.807) is 6.08 Å². The summed E-state index contributed by atoms with van der Waals surface area (Å²) in [4.78, 5) is 3.76. The van der Waals surface area contributed by atoms with Gasteiger partial charge in [0.25, 0.3) is 0 Å². The lowest BCUT2D eigenvalue weighted by molar-refractivity contribution is -0.137. The van der Waals surface area contributed by atoms with E-state index >= 15 is 0 Å². The number of nitrogens with zero attached hydrogens (tertiary/aromatic N) is 1. The van der Waals surface area contributed by atoms with Crippen molar-refractivity contribution in [1.29, 1.82) is 0 Å². The number of anilines is 1. The number of pyridine rings is 1. The largest absolute Gasteiger partial charge is 0.416 e. The molecule has 0 saturated carbocycles. The highest BCUT2D eigenvalue weighted by molar-refractivity contribution is 6.29. The summed E-state index contributed by atoms with van der Waals surface area (Å²) in [5.74, 6) is 0.0761. The van der Waals surface area contributed by atoms with Gasteiger partial charge in [-0.15, -0.1) is 6.58 Å². The third-order valence-electron chi connectivity index (χ3n) is 2.14. The topological polar surface area (TPSA) is 34.1 Å². The zero-order valence-electron chi connectivity index (χ0n) is 10.1.